The average Bonchev–Trinajstić information content (AvgIpc) is 2.63. The van der Waals surface area contributed by atoms with Gasteiger partial charge in [0, 0.05) is 29.4 Å². The number of hydrogen-bond donors (Lipinski definition) is 1. The summed E-state index contributed by atoms with van der Waals surface area (Å²) in [6, 6.07) is 12.0. The van der Waals surface area contributed by atoms with Gasteiger partial charge in [-0.1, -0.05) is 11.6 Å². The van der Waals surface area contributed by atoms with E-state index < -0.39 is 6.10 Å². The summed E-state index contributed by atoms with van der Waals surface area (Å²) in [7, 11) is 3.91. The molecule has 0 radical (unpaired) electrons. The molecule has 2 amide bonds. The zero-order valence-electron chi connectivity index (χ0n) is 15.5. The highest BCUT2D eigenvalue weighted by molar-refractivity contribution is 6.30. The van der Waals surface area contributed by atoms with Crippen LogP contribution >= 0.6 is 11.6 Å². The molecule has 0 bridgehead atoms. The number of halogens is 1. The van der Waals surface area contributed by atoms with Gasteiger partial charge in [-0.25, -0.2) is 0 Å². The Morgan fingerprint density at radius 1 is 1.22 bits per heavy atom. The summed E-state index contributed by atoms with van der Waals surface area (Å²) in [5.74, 6) is 0.291. The Bertz CT molecular complexity index is 852. The fourth-order valence-electron chi connectivity index (χ4n) is 2.82. The molecular weight excluding hydrogens is 366 g/mol. The number of hydrogen-bond acceptors (Lipinski definition) is 4. The van der Waals surface area contributed by atoms with Crippen LogP contribution in [-0.2, 0) is 4.79 Å². The molecule has 1 atom stereocenters. The first-order valence-electron chi connectivity index (χ1n) is 8.69. The van der Waals surface area contributed by atoms with Crippen LogP contribution in [0.4, 0.5) is 11.4 Å². The first-order chi connectivity index (χ1) is 12.8. The van der Waals surface area contributed by atoms with E-state index in [4.69, 9.17) is 16.3 Å². The van der Waals surface area contributed by atoms with Crippen molar-refractivity contribution in [1.29, 1.82) is 0 Å². The second-order valence-electron chi connectivity index (χ2n) is 6.70. The van der Waals surface area contributed by atoms with Crippen LogP contribution in [0.15, 0.2) is 42.5 Å². The van der Waals surface area contributed by atoms with Gasteiger partial charge in [0.25, 0.3) is 11.8 Å². The summed E-state index contributed by atoms with van der Waals surface area (Å²) >= 11 is 5.86. The largest absolute Gasteiger partial charge is 0.479 e. The van der Waals surface area contributed by atoms with Gasteiger partial charge in [0.2, 0.25) is 0 Å². The zero-order chi connectivity index (χ0) is 19.6. The van der Waals surface area contributed by atoms with Gasteiger partial charge in [-0.05, 0) is 63.5 Å². The molecule has 0 spiro atoms. The lowest BCUT2D eigenvalue weighted by atomic mass is 10.1. The van der Waals surface area contributed by atoms with E-state index in [9.17, 15) is 9.59 Å². The number of fused-ring (bicyclic) bond motifs is 1. The third kappa shape index (κ3) is 4.40. The summed E-state index contributed by atoms with van der Waals surface area (Å²) in [4.78, 5) is 28.7. The Morgan fingerprint density at radius 2 is 1.93 bits per heavy atom. The number of amides is 2. The van der Waals surface area contributed by atoms with Gasteiger partial charge < -0.3 is 19.9 Å². The van der Waals surface area contributed by atoms with Crippen molar-refractivity contribution < 1.29 is 14.3 Å². The molecule has 7 heteroatoms. The van der Waals surface area contributed by atoms with Crippen LogP contribution < -0.4 is 15.0 Å². The van der Waals surface area contributed by atoms with E-state index in [0.717, 1.165) is 6.54 Å². The van der Waals surface area contributed by atoms with Crippen LogP contribution in [0.3, 0.4) is 0 Å². The Morgan fingerprint density at radius 3 is 2.59 bits per heavy atom. The third-order valence-corrected chi connectivity index (χ3v) is 4.55. The highest BCUT2D eigenvalue weighted by atomic mass is 35.5. The van der Waals surface area contributed by atoms with Crippen LogP contribution in [-0.4, -0.2) is 50.0 Å². The highest BCUT2D eigenvalue weighted by Gasteiger charge is 2.31. The Labute approximate surface area is 163 Å². The molecule has 27 heavy (non-hydrogen) atoms. The predicted octanol–water partition coefficient (Wildman–Crippen LogP) is 3.27. The summed E-state index contributed by atoms with van der Waals surface area (Å²) in [6.45, 7) is 3.00. The number of likely N-dealkylation sites (N-methyl/N-ethyl adjacent to an activating group) is 1. The molecule has 1 aliphatic heterocycles. The van der Waals surface area contributed by atoms with Crippen molar-refractivity contribution in [2.75, 3.05) is 37.4 Å². The number of nitrogens with zero attached hydrogens (tertiary/aromatic N) is 2. The molecular formula is C20H22ClN3O3. The highest BCUT2D eigenvalue weighted by Crippen LogP contribution is 2.36. The molecule has 2 aromatic rings. The standard InChI is InChI=1S/C20H22ClN3O3/c1-13-20(26)24(11-10-23(2)3)17-12-16(8-9-18(17)27-13)22-19(25)14-4-6-15(21)7-5-14/h4-9,12-13H,10-11H2,1-3H3,(H,22,25). The number of carbonyl (C=O) groups excluding carboxylic acids is 2. The first-order valence-corrected chi connectivity index (χ1v) is 9.06. The summed E-state index contributed by atoms with van der Waals surface area (Å²) in [5.41, 5.74) is 1.76. The zero-order valence-corrected chi connectivity index (χ0v) is 16.3. The molecule has 0 saturated heterocycles. The molecule has 0 fully saturated rings. The van der Waals surface area contributed by atoms with Crippen molar-refractivity contribution in [3.05, 3.63) is 53.1 Å². The summed E-state index contributed by atoms with van der Waals surface area (Å²) in [6.07, 6.45) is -0.533. The van der Waals surface area contributed by atoms with Gasteiger partial charge in [0.05, 0.1) is 5.69 Å². The molecule has 0 aromatic heterocycles. The molecule has 0 saturated carbocycles. The monoisotopic (exact) mass is 387 g/mol. The van der Waals surface area contributed by atoms with Crippen molar-refractivity contribution in [2.24, 2.45) is 0 Å². The van der Waals surface area contributed by atoms with Gasteiger partial charge in [0.1, 0.15) is 5.75 Å². The number of rotatable bonds is 5. The fourth-order valence-corrected chi connectivity index (χ4v) is 2.95. The fraction of sp³-hybridized carbons (Fsp3) is 0.300. The first kappa shape index (κ1) is 19.2. The van der Waals surface area contributed by atoms with Crippen molar-refractivity contribution in [3.63, 3.8) is 0 Å². The van der Waals surface area contributed by atoms with Crippen LogP contribution in [0.5, 0.6) is 5.75 Å². The minimum absolute atomic E-state index is 0.0921. The molecule has 0 aliphatic carbocycles. The maximum Gasteiger partial charge on any atom is 0.267 e. The van der Waals surface area contributed by atoms with Crippen LogP contribution in [0.25, 0.3) is 0 Å². The Balaban J connectivity index is 1.84. The maximum absolute atomic E-state index is 12.6. The van der Waals surface area contributed by atoms with E-state index in [0.29, 0.717) is 34.3 Å². The predicted molar refractivity (Wildman–Crippen MR) is 107 cm³/mol. The van der Waals surface area contributed by atoms with Crippen LogP contribution in [0.1, 0.15) is 17.3 Å². The van der Waals surface area contributed by atoms with E-state index in [-0.39, 0.29) is 11.8 Å². The lowest BCUT2D eigenvalue weighted by Crippen LogP contribution is -2.46. The molecule has 1 aliphatic rings. The van der Waals surface area contributed by atoms with Crippen molar-refractivity contribution in [1.82, 2.24) is 4.90 Å². The number of carbonyl (C=O) groups is 2. The minimum atomic E-state index is -0.533. The maximum atomic E-state index is 12.6. The summed E-state index contributed by atoms with van der Waals surface area (Å²) in [5, 5.41) is 3.42. The quantitative estimate of drug-likeness (QED) is 0.855. The van der Waals surface area contributed by atoms with Crippen LogP contribution in [0.2, 0.25) is 5.02 Å². The second kappa shape index (κ2) is 7.98. The van der Waals surface area contributed by atoms with Gasteiger partial charge in [-0.2, -0.15) is 0 Å². The van der Waals surface area contributed by atoms with E-state index in [1.165, 1.54) is 0 Å². The third-order valence-electron chi connectivity index (χ3n) is 4.30. The average molecular weight is 388 g/mol. The smallest absolute Gasteiger partial charge is 0.267 e. The van der Waals surface area contributed by atoms with E-state index >= 15 is 0 Å². The number of benzene rings is 2. The van der Waals surface area contributed by atoms with Gasteiger partial charge >= 0.3 is 0 Å². The number of anilines is 2. The molecule has 142 valence electrons. The van der Waals surface area contributed by atoms with E-state index in [1.54, 1.807) is 54.3 Å². The topological polar surface area (TPSA) is 61.9 Å². The van der Waals surface area contributed by atoms with Gasteiger partial charge in [0.15, 0.2) is 6.10 Å². The number of ether oxygens (including phenoxy) is 1. The lowest BCUT2D eigenvalue weighted by molar-refractivity contribution is -0.125. The molecule has 1 heterocycles. The van der Waals surface area contributed by atoms with Crippen molar-refractivity contribution >= 4 is 34.8 Å². The Hall–Kier alpha value is -2.57. The lowest BCUT2D eigenvalue weighted by Gasteiger charge is -2.34. The minimum Gasteiger partial charge on any atom is -0.479 e. The normalized spacial score (nSPS) is 16.1. The summed E-state index contributed by atoms with van der Waals surface area (Å²) < 4.78 is 5.71. The van der Waals surface area contributed by atoms with Crippen molar-refractivity contribution in [2.45, 2.75) is 13.0 Å². The molecule has 2 aromatic carbocycles. The van der Waals surface area contributed by atoms with E-state index in [2.05, 4.69) is 5.32 Å². The van der Waals surface area contributed by atoms with Crippen molar-refractivity contribution in [3.8, 4) is 5.75 Å². The molecule has 1 N–H and O–H groups in total. The van der Waals surface area contributed by atoms with Crippen LogP contribution in [0, 0.1) is 0 Å². The van der Waals surface area contributed by atoms with E-state index in [1.807, 2.05) is 19.0 Å². The molecule has 1 unspecified atom stereocenters. The van der Waals surface area contributed by atoms with Gasteiger partial charge in [-0.3, -0.25) is 9.59 Å². The van der Waals surface area contributed by atoms with Gasteiger partial charge in [-0.15, -0.1) is 0 Å². The second-order valence-corrected chi connectivity index (χ2v) is 7.13. The molecule has 6 nitrogen and oxygen atoms in total. The Kier molecular flexibility index (Phi) is 5.68. The molecule has 3 rings (SSSR count). The SMILES string of the molecule is CC1Oc2ccc(NC(=O)c3ccc(Cl)cc3)cc2N(CCN(C)C)C1=O. The number of nitrogens with one attached hydrogen (secondary N) is 1.